The summed E-state index contributed by atoms with van der Waals surface area (Å²) < 4.78 is 1.40. The van der Waals surface area contributed by atoms with Gasteiger partial charge in [-0.15, -0.1) is 0 Å². The Bertz CT molecular complexity index is 1100. The first kappa shape index (κ1) is 19.0. The van der Waals surface area contributed by atoms with Crippen LogP contribution in [0.1, 0.15) is 18.4 Å². The predicted octanol–water partition coefficient (Wildman–Crippen LogP) is 1.65. The van der Waals surface area contributed by atoms with Crippen molar-refractivity contribution in [2.24, 2.45) is 7.05 Å². The van der Waals surface area contributed by atoms with Crippen LogP contribution in [0.3, 0.4) is 0 Å². The third-order valence-corrected chi connectivity index (χ3v) is 6.22. The Morgan fingerprint density at radius 1 is 0.933 bits per heavy atom. The van der Waals surface area contributed by atoms with Crippen molar-refractivity contribution >= 4 is 22.4 Å². The smallest absolute Gasteiger partial charge is 0.270 e. The second-order valence-electron chi connectivity index (χ2n) is 8.14. The van der Waals surface area contributed by atoms with E-state index in [1.807, 2.05) is 6.07 Å². The molecule has 3 aromatic rings. The molecule has 2 aliphatic rings. The van der Waals surface area contributed by atoms with E-state index in [9.17, 15) is 4.79 Å². The maximum atomic E-state index is 12.2. The van der Waals surface area contributed by atoms with E-state index in [1.165, 1.54) is 23.2 Å². The van der Waals surface area contributed by atoms with Crippen LogP contribution in [0.5, 0.6) is 0 Å². The maximum Gasteiger partial charge on any atom is 0.270 e. The largest absolute Gasteiger partial charge is 0.369 e. The van der Waals surface area contributed by atoms with Gasteiger partial charge in [0.05, 0.1) is 5.52 Å². The average Bonchev–Trinajstić information content (AvgIpc) is 3.31. The van der Waals surface area contributed by atoms with Gasteiger partial charge < -0.3 is 9.80 Å². The number of hydrogen-bond donors (Lipinski definition) is 0. The molecule has 2 saturated heterocycles. The first-order chi connectivity index (χ1) is 14.7. The van der Waals surface area contributed by atoms with Gasteiger partial charge in [-0.25, -0.2) is 14.6 Å². The fourth-order valence-electron chi connectivity index (χ4n) is 4.49. The Hall–Kier alpha value is -3.00. The summed E-state index contributed by atoms with van der Waals surface area (Å²) in [4.78, 5) is 28.4. The molecule has 0 bridgehead atoms. The average molecular weight is 406 g/mol. The summed E-state index contributed by atoms with van der Waals surface area (Å²) in [5.41, 5.74) is 3.02. The number of aryl methyl sites for hydroxylation is 1. The summed E-state index contributed by atoms with van der Waals surface area (Å²) >= 11 is 0. The van der Waals surface area contributed by atoms with E-state index >= 15 is 0 Å². The zero-order valence-electron chi connectivity index (χ0n) is 17.4. The van der Waals surface area contributed by atoms with Gasteiger partial charge in [0.1, 0.15) is 12.1 Å². The van der Waals surface area contributed by atoms with E-state index in [1.54, 1.807) is 19.6 Å². The fraction of sp³-hybridized carbons (Fsp3) is 0.455. The van der Waals surface area contributed by atoms with E-state index in [-0.39, 0.29) is 5.56 Å². The number of piperazine rings is 1. The van der Waals surface area contributed by atoms with Crippen LogP contribution in [0.2, 0.25) is 0 Å². The Morgan fingerprint density at radius 3 is 2.53 bits per heavy atom. The molecule has 0 amide bonds. The third kappa shape index (κ3) is 3.63. The second-order valence-corrected chi connectivity index (χ2v) is 8.14. The number of hydrogen-bond acceptors (Lipinski definition) is 7. The van der Waals surface area contributed by atoms with Crippen molar-refractivity contribution in [1.29, 1.82) is 0 Å². The quantitative estimate of drug-likeness (QED) is 0.654. The van der Waals surface area contributed by atoms with Crippen LogP contribution in [0, 0.1) is 0 Å². The first-order valence-electron chi connectivity index (χ1n) is 10.7. The van der Waals surface area contributed by atoms with Gasteiger partial charge in [-0.2, -0.15) is 5.10 Å². The number of benzene rings is 1. The molecule has 30 heavy (non-hydrogen) atoms. The van der Waals surface area contributed by atoms with Gasteiger partial charge in [-0.05, 0) is 37.1 Å². The molecule has 8 nitrogen and oxygen atoms in total. The van der Waals surface area contributed by atoms with Crippen LogP contribution < -0.4 is 15.4 Å². The van der Waals surface area contributed by atoms with Crippen LogP contribution in [0.15, 0.2) is 41.6 Å². The third-order valence-electron chi connectivity index (χ3n) is 6.22. The van der Waals surface area contributed by atoms with Crippen LogP contribution >= 0.6 is 0 Å². The highest BCUT2D eigenvalue weighted by molar-refractivity contribution is 5.92. The van der Waals surface area contributed by atoms with Crippen molar-refractivity contribution in [2.45, 2.75) is 19.4 Å². The van der Waals surface area contributed by atoms with E-state index in [2.05, 4.69) is 48.0 Å². The van der Waals surface area contributed by atoms with Crippen molar-refractivity contribution in [3.8, 4) is 0 Å². The molecule has 0 radical (unpaired) electrons. The van der Waals surface area contributed by atoms with Crippen LogP contribution in [-0.2, 0) is 13.6 Å². The molecule has 8 heteroatoms. The van der Waals surface area contributed by atoms with Gasteiger partial charge >= 0.3 is 0 Å². The SMILES string of the molecule is Cn1nccc(CN2CCN(c3ccc4ncnc(N5CCCC5)c4c3)CC2)c1=O. The minimum Gasteiger partial charge on any atom is -0.369 e. The number of anilines is 2. The van der Waals surface area contributed by atoms with Crippen molar-refractivity contribution in [2.75, 3.05) is 49.1 Å². The Balaban J connectivity index is 1.31. The fourth-order valence-corrected chi connectivity index (χ4v) is 4.49. The van der Waals surface area contributed by atoms with Crippen molar-refractivity contribution in [1.82, 2.24) is 24.6 Å². The molecule has 156 valence electrons. The number of aromatic nitrogens is 4. The summed E-state index contributed by atoms with van der Waals surface area (Å²) in [6.45, 7) is 6.54. The zero-order chi connectivity index (χ0) is 20.5. The van der Waals surface area contributed by atoms with Crippen molar-refractivity contribution in [3.05, 3.63) is 52.7 Å². The molecule has 5 rings (SSSR count). The molecular formula is C22H27N7O. The second kappa shape index (κ2) is 8.02. The summed E-state index contributed by atoms with van der Waals surface area (Å²) in [6, 6.07) is 8.35. The highest BCUT2D eigenvalue weighted by Crippen LogP contribution is 2.30. The van der Waals surface area contributed by atoms with Crippen molar-refractivity contribution < 1.29 is 0 Å². The van der Waals surface area contributed by atoms with E-state index < -0.39 is 0 Å². The molecule has 1 aromatic carbocycles. The summed E-state index contributed by atoms with van der Waals surface area (Å²) in [6.07, 6.45) is 5.83. The van der Waals surface area contributed by atoms with Crippen molar-refractivity contribution in [3.63, 3.8) is 0 Å². The minimum absolute atomic E-state index is 0.0103. The topological polar surface area (TPSA) is 70.4 Å². The lowest BCUT2D eigenvalue weighted by molar-refractivity contribution is 0.248. The summed E-state index contributed by atoms with van der Waals surface area (Å²) in [5, 5.41) is 5.15. The number of rotatable bonds is 4. The Labute approximate surface area is 175 Å². The molecule has 0 saturated carbocycles. The van der Waals surface area contributed by atoms with Crippen LogP contribution in [-0.4, -0.2) is 63.9 Å². The zero-order valence-corrected chi connectivity index (χ0v) is 17.4. The molecule has 2 fully saturated rings. The normalized spacial score (nSPS) is 17.8. The standard InChI is InChI=1S/C22H27N7O/c1-26-22(30)17(6-7-25-26)15-27-10-12-28(13-11-27)18-4-5-20-19(14-18)21(24-16-23-20)29-8-2-3-9-29/h4-7,14,16H,2-3,8-13,15H2,1H3. The monoisotopic (exact) mass is 405 g/mol. The lowest BCUT2D eigenvalue weighted by Crippen LogP contribution is -2.46. The molecule has 2 aromatic heterocycles. The van der Waals surface area contributed by atoms with Gasteiger partial charge in [0.25, 0.3) is 5.56 Å². The van der Waals surface area contributed by atoms with Crippen LogP contribution in [0.25, 0.3) is 10.9 Å². The van der Waals surface area contributed by atoms with Gasteiger partial charge in [0, 0.05) is 75.7 Å². The van der Waals surface area contributed by atoms with Crippen LogP contribution in [0.4, 0.5) is 11.5 Å². The van der Waals surface area contributed by atoms with E-state index in [4.69, 9.17) is 0 Å². The lowest BCUT2D eigenvalue weighted by atomic mass is 10.1. The Kier molecular flexibility index (Phi) is 5.08. The maximum absolute atomic E-state index is 12.2. The molecular weight excluding hydrogens is 378 g/mol. The molecule has 4 heterocycles. The van der Waals surface area contributed by atoms with Gasteiger partial charge in [-0.3, -0.25) is 9.69 Å². The molecule has 0 atom stereocenters. The van der Waals surface area contributed by atoms with Gasteiger partial charge in [0.2, 0.25) is 0 Å². The van der Waals surface area contributed by atoms with E-state index in [0.717, 1.165) is 61.6 Å². The van der Waals surface area contributed by atoms with E-state index in [0.29, 0.717) is 6.54 Å². The minimum atomic E-state index is -0.0103. The number of nitrogens with zero attached hydrogens (tertiary/aromatic N) is 7. The summed E-state index contributed by atoms with van der Waals surface area (Å²) in [5.74, 6) is 1.06. The first-order valence-corrected chi connectivity index (χ1v) is 10.7. The lowest BCUT2D eigenvalue weighted by Gasteiger charge is -2.36. The van der Waals surface area contributed by atoms with Gasteiger partial charge in [-0.1, -0.05) is 0 Å². The molecule has 0 spiro atoms. The number of fused-ring (bicyclic) bond motifs is 1. The molecule has 2 aliphatic heterocycles. The predicted molar refractivity (Wildman–Crippen MR) is 118 cm³/mol. The molecule has 0 unspecified atom stereocenters. The molecule has 0 aliphatic carbocycles. The highest BCUT2D eigenvalue weighted by Gasteiger charge is 2.21. The Morgan fingerprint density at radius 2 is 1.73 bits per heavy atom. The highest BCUT2D eigenvalue weighted by atomic mass is 16.1. The van der Waals surface area contributed by atoms with Gasteiger partial charge in [0.15, 0.2) is 0 Å². The molecule has 0 N–H and O–H groups in total. The summed E-state index contributed by atoms with van der Waals surface area (Å²) in [7, 11) is 1.70.